The lowest BCUT2D eigenvalue weighted by molar-refractivity contribution is -0.0276. The third-order valence-electron chi connectivity index (χ3n) is 4.27. The third kappa shape index (κ3) is 1.81. The van der Waals surface area contributed by atoms with Gasteiger partial charge in [-0.05, 0) is 19.3 Å². The molecule has 86 valence electrons. The Balaban J connectivity index is 1.47. The van der Waals surface area contributed by atoms with Gasteiger partial charge in [-0.25, -0.2) is 0 Å². The zero-order chi connectivity index (χ0) is 10.4. The number of nitrogens with zero attached hydrogens (tertiary/aromatic N) is 1. The number of likely N-dealkylation sites (tertiary alicyclic amines) is 1. The molecule has 0 atom stereocenters. The van der Waals surface area contributed by atoms with Crippen molar-refractivity contribution in [2.75, 3.05) is 46.6 Å². The molecule has 15 heavy (non-hydrogen) atoms. The summed E-state index contributed by atoms with van der Waals surface area (Å²) < 4.78 is 10.8. The van der Waals surface area contributed by atoms with Gasteiger partial charge in [-0.15, -0.1) is 0 Å². The number of hydrogen-bond donors (Lipinski definition) is 0. The number of rotatable bonds is 4. The number of methoxy groups -OCH3 is 1. The van der Waals surface area contributed by atoms with Crippen LogP contribution >= 0.6 is 0 Å². The van der Waals surface area contributed by atoms with Crippen molar-refractivity contribution in [3.05, 3.63) is 0 Å². The molecule has 1 saturated carbocycles. The second-order valence-electron chi connectivity index (χ2n) is 5.88. The molecule has 0 radical (unpaired) electrons. The first-order valence-corrected chi connectivity index (χ1v) is 6.05. The van der Waals surface area contributed by atoms with Gasteiger partial charge in [0, 0.05) is 44.2 Å². The standard InChI is InChI=1S/C12H21NO2/c1-14-9-11(2-3-11)6-13-7-12(8-13)4-5-15-10-12/h2-10H2,1H3. The molecule has 0 N–H and O–H groups in total. The van der Waals surface area contributed by atoms with Crippen LogP contribution in [-0.4, -0.2) is 51.5 Å². The smallest absolute Gasteiger partial charge is 0.0547 e. The molecule has 3 aliphatic rings. The van der Waals surface area contributed by atoms with Crippen molar-refractivity contribution >= 4 is 0 Å². The summed E-state index contributed by atoms with van der Waals surface area (Å²) in [5, 5.41) is 0. The summed E-state index contributed by atoms with van der Waals surface area (Å²) in [6, 6.07) is 0. The molecular formula is C12H21NO2. The molecule has 2 heterocycles. The number of ether oxygens (including phenoxy) is 2. The van der Waals surface area contributed by atoms with Crippen LogP contribution in [0.3, 0.4) is 0 Å². The average molecular weight is 211 g/mol. The number of hydrogen-bond acceptors (Lipinski definition) is 3. The summed E-state index contributed by atoms with van der Waals surface area (Å²) in [5.74, 6) is 0. The monoisotopic (exact) mass is 211 g/mol. The van der Waals surface area contributed by atoms with Crippen LogP contribution in [0.1, 0.15) is 19.3 Å². The van der Waals surface area contributed by atoms with E-state index in [9.17, 15) is 0 Å². The molecule has 3 nitrogen and oxygen atoms in total. The second-order valence-corrected chi connectivity index (χ2v) is 5.88. The molecule has 1 spiro atoms. The first-order chi connectivity index (χ1) is 7.26. The van der Waals surface area contributed by atoms with Crippen LogP contribution in [-0.2, 0) is 9.47 Å². The average Bonchev–Trinajstić information content (AvgIpc) is 2.75. The van der Waals surface area contributed by atoms with Gasteiger partial charge >= 0.3 is 0 Å². The summed E-state index contributed by atoms with van der Waals surface area (Å²) in [7, 11) is 1.82. The predicted octanol–water partition coefficient (Wildman–Crippen LogP) is 1.14. The fourth-order valence-electron chi connectivity index (χ4n) is 3.22. The molecule has 1 aliphatic carbocycles. The lowest BCUT2D eigenvalue weighted by atomic mass is 9.78. The Hall–Kier alpha value is -0.120. The highest BCUT2D eigenvalue weighted by Crippen LogP contribution is 2.49. The quantitative estimate of drug-likeness (QED) is 0.696. The van der Waals surface area contributed by atoms with E-state index in [-0.39, 0.29) is 0 Å². The Bertz CT molecular complexity index is 236. The zero-order valence-corrected chi connectivity index (χ0v) is 9.63. The molecule has 3 heteroatoms. The van der Waals surface area contributed by atoms with Gasteiger partial charge in [0.15, 0.2) is 0 Å². The van der Waals surface area contributed by atoms with Crippen LogP contribution in [0.25, 0.3) is 0 Å². The molecule has 3 fully saturated rings. The van der Waals surface area contributed by atoms with Crippen molar-refractivity contribution in [3.8, 4) is 0 Å². The Morgan fingerprint density at radius 2 is 2.07 bits per heavy atom. The Morgan fingerprint density at radius 3 is 2.60 bits per heavy atom. The fourth-order valence-corrected chi connectivity index (χ4v) is 3.22. The maximum absolute atomic E-state index is 5.49. The highest BCUT2D eigenvalue weighted by molar-refractivity contribution is 5.03. The second kappa shape index (κ2) is 3.44. The van der Waals surface area contributed by atoms with E-state index in [2.05, 4.69) is 4.90 Å². The van der Waals surface area contributed by atoms with E-state index in [0.717, 1.165) is 19.8 Å². The maximum atomic E-state index is 5.49. The summed E-state index contributed by atoms with van der Waals surface area (Å²) in [4.78, 5) is 2.60. The van der Waals surface area contributed by atoms with Crippen molar-refractivity contribution in [3.63, 3.8) is 0 Å². The van der Waals surface area contributed by atoms with Gasteiger partial charge in [0.1, 0.15) is 0 Å². The first kappa shape index (κ1) is 10.1. The molecule has 0 amide bonds. The van der Waals surface area contributed by atoms with E-state index in [4.69, 9.17) is 9.47 Å². The van der Waals surface area contributed by atoms with E-state index >= 15 is 0 Å². The van der Waals surface area contributed by atoms with Crippen LogP contribution in [0.15, 0.2) is 0 Å². The summed E-state index contributed by atoms with van der Waals surface area (Å²) in [5.41, 5.74) is 1.07. The van der Waals surface area contributed by atoms with Crippen molar-refractivity contribution in [2.45, 2.75) is 19.3 Å². The SMILES string of the molecule is COCC1(CN2CC3(CCOC3)C2)CC1. The molecule has 2 saturated heterocycles. The molecule has 0 aromatic rings. The fraction of sp³-hybridized carbons (Fsp3) is 1.00. The largest absolute Gasteiger partial charge is 0.384 e. The normalized spacial score (nSPS) is 31.8. The molecule has 0 unspecified atom stereocenters. The topological polar surface area (TPSA) is 21.7 Å². The molecular weight excluding hydrogens is 190 g/mol. The lowest BCUT2D eigenvalue weighted by Gasteiger charge is -2.48. The van der Waals surface area contributed by atoms with Gasteiger partial charge in [-0.3, -0.25) is 0 Å². The summed E-state index contributed by atoms with van der Waals surface area (Å²) in [6.45, 7) is 6.71. The van der Waals surface area contributed by atoms with Crippen molar-refractivity contribution in [1.29, 1.82) is 0 Å². The van der Waals surface area contributed by atoms with Crippen molar-refractivity contribution in [2.24, 2.45) is 10.8 Å². The molecule has 2 aliphatic heterocycles. The molecule has 0 aromatic carbocycles. The van der Waals surface area contributed by atoms with E-state index in [1.165, 1.54) is 38.9 Å². The van der Waals surface area contributed by atoms with Crippen molar-refractivity contribution < 1.29 is 9.47 Å². The zero-order valence-electron chi connectivity index (χ0n) is 9.63. The van der Waals surface area contributed by atoms with Gasteiger partial charge in [0.2, 0.25) is 0 Å². The van der Waals surface area contributed by atoms with E-state index in [1.54, 1.807) is 0 Å². The van der Waals surface area contributed by atoms with Crippen LogP contribution in [0.2, 0.25) is 0 Å². The van der Waals surface area contributed by atoms with Crippen LogP contribution in [0.4, 0.5) is 0 Å². The molecule has 3 rings (SSSR count). The highest BCUT2D eigenvalue weighted by atomic mass is 16.5. The predicted molar refractivity (Wildman–Crippen MR) is 57.9 cm³/mol. The lowest BCUT2D eigenvalue weighted by Crippen LogP contribution is -2.58. The molecule has 0 bridgehead atoms. The van der Waals surface area contributed by atoms with E-state index in [0.29, 0.717) is 10.8 Å². The minimum absolute atomic E-state index is 0.524. The van der Waals surface area contributed by atoms with Gasteiger partial charge in [0.05, 0.1) is 13.2 Å². The maximum Gasteiger partial charge on any atom is 0.0547 e. The van der Waals surface area contributed by atoms with Gasteiger partial charge in [-0.2, -0.15) is 0 Å². The van der Waals surface area contributed by atoms with Crippen LogP contribution in [0.5, 0.6) is 0 Å². The van der Waals surface area contributed by atoms with Gasteiger partial charge < -0.3 is 14.4 Å². The Kier molecular flexibility index (Phi) is 2.31. The first-order valence-electron chi connectivity index (χ1n) is 6.05. The van der Waals surface area contributed by atoms with Gasteiger partial charge in [-0.1, -0.05) is 0 Å². The Labute approximate surface area is 91.7 Å². The minimum atomic E-state index is 0.524. The Morgan fingerprint density at radius 1 is 1.27 bits per heavy atom. The van der Waals surface area contributed by atoms with Crippen LogP contribution in [0, 0.1) is 10.8 Å². The summed E-state index contributed by atoms with van der Waals surface area (Å²) in [6.07, 6.45) is 4.00. The minimum Gasteiger partial charge on any atom is -0.384 e. The third-order valence-corrected chi connectivity index (χ3v) is 4.27. The van der Waals surface area contributed by atoms with Crippen LogP contribution < -0.4 is 0 Å². The van der Waals surface area contributed by atoms with E-state index < -0.39 is 0 Å². The highest BCUT2D eigenvalue weighted by Gasteiger charge is 2.51. The van der Waals surface area contributed by atoms with Gasteiger partial charge in [0.25, 0.3) is 0 Å². The summed E-state index contributed by atoms with van der Waals surface area (Å²) >= 11 is 0. The van der Waals surface area contributed by atoms with E-state index in [1.807, 2.05) is 7.11 Å². The molecule has 0 aromatic heterocycles. The van der Waals surface area contributed by atoms with Crippen molar-refractivity contribution in [1.82, 2.24) is 4.90 Å².